The minimum Gasteiger partial charge on any atom is -0.466 e. The standard InChI is InChI=1S/C28H46N4O4/c1-2-36-28(35)20-12-14-21(15-13-20)30-25(33)18-32-27(34)26-23(16-29-32)22-10-6-7-11-24(22)31(26)17-19-8-4-3-5-9-19/h19-24,26,29H,2-18H2,1H3,(H,30,33). The van der Waals surface area contributed by atoms with Crippen molar-refractivity contribution in [1.29, 1.82) is 0 Å². The molecule has 4 unspecified atom stereocenters. The molecule has 2 N–H and O–H groups in total. The molecule has 5 rings (SSSR count). The van der Waals surface area contributed by atoms with Gasteiger partial charge in [0.05, 0.1) is 18.6 Å². The van der Waals surface area contributed by atoms with E-state index in [0.29, 0.717) is 30.4 Å². The highest BCUT2D eigenvalue weighted by Gasteiger charge is 2.55. The number of hydrogen-bond donors (Lipinski definition) is 2. The number of amides is 2. The smallest absolute Gasteiger partial charge is 0.308 e. The van der Waals surface area contributed by atoms with E-state index in [1.54, 1.807) is 5.01 Å². The lowest BCUT2D eigenvalue weighted by Crippen LogP contribution is -2.63. The van der Waals surface area contributed by atoms with Gasteiger partial charge in [0.25, 0.3) is 5.91 Å². The van der Waals surface area contributed by atoms with Crippen molar-refractivity contribution >= 4 is 17.8 Å². The predicted molar refractivity (Wildman–Crippen MR) is 137 cm³/mol. The van der Waals surface area contributed by atoms with Crippen molar-refractivity contribution in [2.45, 2.75) is 109 Å². The fourth-order valence-corrected chi connectivity index (χ4v) is 7.98. The monoisotopic (exact) mass is 502 g/mol. The second-order valence-electron chi connectivity index (χ2n) is 12.0. The van der Waals surface area contributed by atoms with Gasteiger partial charge in [0.2, 0.25) is 5.91 Å². The van der Waals surface area contributed by atoms with Crippen LogP contribution in [0.1, 0.15) is 90.4 Å². The highest BCUT2D eigenvalue weighted by atomic mass is 16.5. The Hall–Kier alpha value is -1.67. The van der Waals surface area contributed by atoms with Crippen molar-refractivity contribution in [1.82, 2.24) is 20.7 Å². The lowest BCUT2D eigenvalue weighted by atomic mass is 9.77. The summed E-state index contributed by atoms with van der Waals surface area (Å²) in [5.41, 5.74) is 3.34. The third-order valence-corrected chi connectivity index (χ3v) is 9.76. The van der Waals surface area contributed by atoms with Gasteiger partial charge in [0.1, 0.15) is 6.54 Å². The molecule has 4 atom stereocenters. The molecule has 2 heterocycles. The Morgan fingerprint density at radius 2 is 1.67 bits per heavy atom. The first-order valence-corrected chi connectivity index (χ1v) is 14.8. The summed E-state index contributed by atoms with van der Waals surface area (Å²) in [7, 11) is 0. The average molecular weight is 503 g/mol. The van der Waals surface area contributed by atoms with Gasteiger partial charge in [0.15, 0.2) is 0 Å². The van der Waals surface area contributed by atoms with Crippen LogP contribution in [-0.4, -0.2) is 72.1 Å². The first kappa shape index (κ1) is 26.0. The van der Waals surface area contributed by atoms with Gasteiger partial charge in [-0.3, -0.25) is 24.3 Å². The summed E-state index contributed by atoms with van der Waals surface area (Å²) in [5.74, 6) is 1.50. The minimum atomic E-state index is -0.116. The molecule has 202 valence electrons. The molecule has 0 bridgehead atoms. The predicted octanol–water partition coefficient (Wildman–Crippen LogP) is 3.01. The van der Waals surface area contributed by atoms with E-state index in [2.05, 4.69) is 15.6 Å². The Kier molecular flexibility index (Phi) is 8.51. The molecule has 8 nitrogen and oxygen atoms in total. The van der Waals surface area contributed by atoms with E-state index in [4.69, 9.17) is 4.74 Å². The van der Waals surface area contributed by atoms with Crippen molar-refractivity contribution in [2.75, 3.05) is 26.2 Å². The highest BCUT2D eigenvalue weighted by Crippen LogP contribution is 2.46. The second kappa shape index (κ2) is 11.8. The van der Waals surface area contributed by atoms with Crippen molar-refractivity contribution in [3.8, 4) is 0 Å². The lowest BCUT2D eigenvalue weighted by Gasteiger charge is -2.40. The van der Waals surface area contributed by atoms with Gasteiger partial charge >= 0.3 is 5.97 Å². The molecule has 0 spiro atoms. The SMILES string of the molecule is CCOC(=O)C1CCC(NC(=O)CN2NCC3C4CCCCC4N(CC4CCCCC4)C3C2=O)CC1. The Labute approximate surface area is 216 Å². The molecule has 0 radical (unpaired) electrons. The van der Waals surface area contributed by atoms with Crippen LogP contribution in [0.25, 0.3) is 0 Å². The van der Waals surface area contributed by atoms with Gasteiger partial charge in [-0.15, -0.1) is 0 Å². The number of hydrazine groups is 1. The normalized spacial score (nSPS) is 35.7. The maximum absolute atomic E-state index is 13.8. The van der Waals surface area contributed by atoms with Crippen LogP contribution in [-0.2, 0) is 19.1 Å². The van der Waals surface area contributed by atoms with Gasteiger partial charge in [-0.1, -0.05) is 32.1 Å². The van der Waals surface area contributed by atoms with E-state index in [1.807, 2.05) is 6.92 Å². The highest BCUT2D eigenvalue weighted by molar-refractivity contribution is 5.88. The molecule has 36 heavy (non-hydrogen) atoms. The topological polar surface area (TPSA) is 91.0 Å². The van der Waals surface area contributed by atoms with Crippen LogP contribution in [0.5, 0.6) is 0 Å². The van der Waals surface area contributed by atoms with Crippen molar-refractivity contribution in [3.05, 3.63) is 0 Å². The molecule has 2 amide bonds. The van der Waals surface area contributed by atoms with E-state index in [-0.39, 0.29) is 42.3 Å². The van der Waals surface area contributed by atoms with Crippen LogP contribution in [0, 0.1) is 23.7 Å². The zero-order chi connectivity index (χ0) is 25.1. The minimum absolute atomic E-state index is 0.0542. The Balaban J connectivity index is 1.17. The Morgan fingerprint density at radius 1 is 0.944 bits per heavy atom. The van der Waals surface area contributed by atoms with Gasteiger partial charge < -0.3 is 10.1 Å². The molecule has 0 aromatic rings. The average Bonchev–Trinajstić information content (AvgIpc) is 3.21. The molecule has 2 aliphatic heterocycles. The number of carbonyl (C=O) groups is 3. The molecule has 2 saturated heterocycles. The van der Waals surface area contributed by atoms with Crippen LogP contribution < -0.4 is 10.7 Å². The quantitative estimate of drug-likeness (QED) is 0.520. The summed E-state index contributed by atoms with van der Waals surface area (Å²) < 4.78 is 5.15. The Bertz CT molecular complexity index is 792. The first-order chi connectivity index (χ1) is 17.5. The number of esters is 1. The van der Waals surface area contributed by atoms with E-state index in [9.17, 15) is 14.4 Å². The molecule has 5 aliphatic rings. The van der Waals surface area contributed by atoms with E-state index in [1.165, 1.54) is 57.8 Å². The summed E-state index contributed by atoms with van der Waals surface area (Å²) in [6, 6.07) is 0.520. The molecule has 8 heteroatoms. The van der Waals surface area contributed by atoms with Crippen molar-refractivity contribution < 1.29 is 19.1 Å². The number of carbonyl (C=O) groups excluding carboxylic acids is 3. The number of nitrogens with zero attached hydrogens (tertiary/aromatic N) is 2. The van der Waals surface area contributed by atoms with Crippen LogP contribution in [0.2, 0.25) is 0 Å². The maximum Gasteiger partial charge on any atom is 0.308 e. The molecule has 3 aliphatic carbocycles. The summed E-state index contributed by atoms with van der Waals surface area (Å²) in [5, 5.41) is 4.73. The number of fused-ring (bicyclic) bond motifs is 3. The molecular formula is C28H46N4O4. The fraction of sp³-hybridized carbons (Fsp3) is 0.893. The molecule has 0 aromatic heterocycles. The molecule has 5 fully saturated rings. The zero-order valence-corrected chi connectivity index (χ0v) is 22.1. The number of ether oxygens (including phenoxy) is 1. The van der Waals surface area contributed by atoms with E-state index >= 15 is 0 Å². The summed E-state index contributed by atoms with van der Waals surface area (Å²) >= 11 is 0. The second-order valence-corrected chi connectivity index (χ2v) is 12.0. The third-order valence-electron chi connectivity index (χ3n) is 9.76. The Morgan fingerprint density at radius 3 is 2.42 bits per heavy atom. The number of hydrogen-bond acceptors (Lipinski definition) is 6. The van der Waals surface area contributed by atoms with E-state index < -0.39 is 0 Å². The first-order valence-electron chi connectivity index (χ1n) is 14.8. The summed E-state index contributed by atoms with van der Waals surface area (Å²) in [6.07, 6.45) is 14.6. The van der Waals surface area contributed by atoms with Crippen LogP contribution >= 0.6 is 0 Å². The fourth-order valence-electron chi connectivity index (χ4n) is 7.98. The number of nitrogens with one attached hydrogen (secondary N) is 2. The van der Waals surface area contributed by atoms with Gasteiger partial charge in [-0.05, 0) is 70.1 Å². The molecule has 0 aromatic carbocycles. The van der Waals surface area contributed by atoms with Gasteiger partial charge in [0, 0.05) is 31.1 Å². The van der Waals surface area contributed by atoms with E-state index in [0.717, 1.165) is 38.8 Å². The molecular weight excluding hydrogens is 456 g/mol. The van der Waals surface area contributed by atoms with Crippen molar-refractivity contribution in [2.24, 2.45) is 23.7 Å². The summed E-state index contributed by atoms with van der Waals surface area (Å²) in [6.45, 7) is 4.14. The van der Waals surface area contributed by atoms with Gasteiger partial charge in [-0.25, -0.2) is 5.43 Å². The number of likely N-dealkylation sites (tertiary alicyclic amines) is 1. The van der Waals surface area contributed by atoms with Crippen molar-refractivity contribution in [3.63, 3.8) is 0 Å². The maximum atomic E-state index is 13.8. The van der Waals surface area contributed by atoms with Crippen LogP contribution in [0.4, 0.5) is 0 Å². The third kappa shape index (κ3) is 5.59. The molecule has 3 saturated carbocycles. The van der Waals surface area contributed by atoms with Crippen LogP contribution in [0.15, 0.2) is 0 Å². The van der Waals surface area contributed by atoms with Crippen LogP contribution in [0.3, 0.4) is 0 Å². The number of rotatable bonds is 7. The van der Waals surface area contributed by atoms with Gasteiger partial charge in [-0.2, -0.15) is 0 Å². The summed E-state index contributed by atoms with van der Waals surface area (Å²) in [4.78, 5) is 41.3. The largest absolute Gasteiger partial charge is 0.466 e. The zero-order valence-electron chi connectivity index (χ0n) is 22.1. The lowest BCUT2D eigenvalue weighted by molar-refractivity contribution is -0.150.